The molecule has 0 spiro atoms. The summed E-state index contributed by atoms with van der Waals surface area (Å²) in [5, 5.41) is 5.30. The highest BCUT2D eigenvalue weighted by Crippen LogP contribution is 2.20. The van der Waals surface area contributed by atoms with E-state index < -0.39 is 0 Å². The average Bonchev–Trinajstić information content (AvgIpc) is 2.96. The lowest BCUT2D eigenvalue weighted by molar-refractivity contribution is -0.116. The molecule has 6 heteroatoms. The molecule has 1 aliphatic rings. The Kier molecular flexibility index (Phi) is 4.68. The number of thiazole rings is 1. The van der Waals surface area contributed by atoms with Gasteiger partial charge in [0.15, 0.2) is 5.13 Å². The van der Waals surface area contributed by atoms with Crippen LogP contribution in [0.25, 0.3) is 0 Å². The number of carbonyl (C=O) groups excluding carboxylic acids is 1. The fourth-order valence-electron chi connectivity index (χ4n) is 1.90. The number of anilines is 1. The van der Waals surface area contributed by atoms with Gasteiger partial charge in [-0.2, -0.15) is 0 Å². The van der Waals surface area contributed by atoms with E-state index in [1.807, 2.05) is 12.3 Å². The van der Waals surface area contributed by atoms with Gasteiger partial charge in [0.2, 0.25) is 5.91 Å². The molecule has 2 atom stereocenters. The molecule has 0 radical (unpaired) electrons. The highest BCUT2D eigenvalue weighted by molar-refractivity contribution is 7.13. The second kappa shape index (κ2) is 6.26. The third-order valence-corrected chi connectivity index (χ3v) is 3.73. The van der Waals surface area contributed by atoms with E-state index in [2.05, 4.69) is 10.3 Å². The van der Waals surface area contributed by atoms with Crippen LogP contribution in [0.3, 0.4) is 0 Å². The van der Waals surface area contributed by atoms with E-state index in [1.54, 1.807) is 0 Å². The maximum absolute atomic E-state index is 11.7. The molecule has 5 nitrogen and oxygen atoms in total. The summed E-state index contributed by atoms with van der Waals surface area (Å²) in [6.07, 6.45) is 3.71. The van der Waals surface area contributed by atoms with E-state index in [4.69, 9.17) is 10.5 Å². The predicted molar refractivity (Wildman–Crippen MR) is 71.6 cm³/mol. The fourth-order valence-corrected chi connectivity index (χ4v) is 2.73. The molecule has 1 aromatic heterocycles. The van der Waals surface area contributed by atoms with Crippen molar-refractivity contribution in [3.63, 3.8) is 0 Å². The van der Waals surface area contributed by atoms with Gasteiger partial charge in [0, 0.05) is 24.4 Å². The molecule has 0 aliphatic carbocycles. The van der Waals surface area contributed by atoms with Crippen molar-refractivity contribution in [2.75, 3.05) is 11.9 Å². The molecule has 18 heavy (non-hydrogen) atoms. The standard InChI is InChI=1S/C12H19N3O2S/c1-8(13)10-7-18-12(14-10)15-11(16)5-4-9-3-2-6-17-9/h7-9H,2-6,13H2,1H3,(H,14,15,16). The minimum Gasteiger partial charge on any atom is -0.378 e. The van der Waals surface area contributed by atoms with Gasteiger partial charge in [0.25, 0.3) is 0 Å². The first-order valence-electron chi connectivity index (χ1n) is 6.27. The van der Waals surface area contributed by atoms with Crippen molar-refractivity contribution in [3.05, 3.63) is 11.1 Å². The molecule has 1 amide bonds. The summed E-state index contributed by atoms with van der Waals surface area (Å²) in [7, 11) is 0. The minimum atomic E-state index is -0.0983. The molecule has 0 aromatic carbocycles. The van der Waals surface area contributed by atoms with Crippen LogP contribution in [0.15, 0.2) is 5.38 Å². The Morgan fingerprint density at radius 3 is 3.22 bits per heavy atom. The highest BCUT2D eigenvalue weighted by atomic mass is 32.1. The molecule has 0 bridgehead atoms. The molecule has 3 N–H and O–H groups in total. The Bertz CT molecular complexity index is 400. The van der Waals surface area contributed by atoms with Gasteiger partial charge in [-0.3, -0.25) is 4.79 Å². The lowest BCUT2D eigenvalue weighted by Crippen LogP contribution is -2.15. The zero-order chi connectivity index (χ0) is 13.0. The van der Waals surface area contributed by atoms with Crippen LogP contribution < -0.4 is 11.1 Å². The number of carbonyl (C=O) groups is 1. The van der Waals surface area contributed by atoms with Crippen molar-refractivity contribution in [1.82, 2.24) is 4.98 Å². The lowest BCUT2D eigenvalue weighted by Gasteiger charge is -2.08. The molecule has 1 aliphatic heterocycles. The number of hydrogen-bond donors (Lipinski definition) is 2. The third-order valence-electron chi connectivity index (χ3n) is 2.95. The van der Waals surface area contributed by atoms with Crippen LogP contribution in [0.2, 0.25) is 0 Å². The first kappa shape index (κ1) is 13.5. The van der Waals surface area contributed by atoms with Gasteiger partial charge in [-0.15, -0.1) is 11.3 Å². The number of amides is 1. The van der Waals surface area contributed by atoms with E-state index in [1.165, 1.54) is 11.3 Å². The van der Waals surface area contributed by atoms with Gasteiger partial charge >= 0.3 is 0 Å². The average molecular weight is 269 g/mol. The monoisotopic (exact) mass is 269 g/mol. The summed E-state index contributed by atoms with van der Waals surface area (Å²) >= 11 is 1.41. The zero-order valence-electron chi connectivity index (χ0n) is 10.5. The summed E-state index contributed by atoms with van der Waals surface area (Å²) in [6, 6.07) is -0.0983. The molecular formula is C12H19N3O2S. The van der Waals surface area contributed by atoms with Crippen LogP contribution in [-0.4, -0.2) is 23.6 Å². The summed E-state index contributed by atoms with van der Waals surface area (Å²) in [5.74, 6) is -0.00363. The normalized spacial score (nSPS) is 20.9. The Labute approximate surface area is 111 Å². The number of ether oxygens (including phenoxy) is 1. The molecular weight excluding hydrogens is 250 g/mol. The second-order valence-electron chi connectivity index (χ2n) is 4.59. The topological polar surface area (TPSA) is 77.2 Å². The molecule has 0 saturated carbocycles. The number of aromatic nitrogens is 1. The maximum atomic E-state index is 11.7. The van der Waals surface area contributed by atoms with E-state index in [9.17, 15) is 4.79 Å². The Hall–Kier alpha value is -0.980. The Morgan fingerprint density at radius 2 is 2.61 bits per heavy atom. The number of rotatable bonds is 5. The molecule has 1 fully saturated rings. The van der Waals surface area contributed by atoms with Crippen molar-refractivity contribution in [1.29, 1.82) is 0 Å². The van der Waals surface area contributed by atoms with Gasteiger partial charge in [-0.05, 0) is 26.2 Å². The van der Waals surface area contributed by atoms with Crippen molar-refractivity contribution < 1.29 is 9.53 Å². The van der Waals surface area contributed by atoms with E-state index in [0.29, 0.717) is 11.6 Å². The maximum Gasteiger partial charge on any atom is 0.226 e. The summed E-state index contributed by atoms with van der Waals surface area (Å²) in [6.45, 7) is 2.70. The first-order chi connectivity index (χ1) is 8.65. The molecule has 1 aromatic rings. The van der Waals surface area contributed by atoms with Crippen LogP contribution in [0.4, 0.5) is 5.13 Å². The smallest absolute Gasteiger partial charge is 0.226 e. The van der Waals surface area contributed by atoms with Gasteiger partial charge in [0.1, 0.15) is 0 Å². The number of nitrogens with zero attached hydrogens (tertiary/aromatic N) is 1. The Balaban J connectivity index is 1.75. The molecule has 2 heterocycles. The van der Waals surface area contributed by atoms with Crippen molar-refractivity contribution in [2.24, 2.45) is 5.73 Å². The Morgan fingerprint density at radius 1 is 1.78 bits per heavy atom. The van der Waals surface area contributed by atoms with Crippen LogP contribution in [0.5, 0.6) is 0 Å². The third kappa shape index (κ3) is 3.76. The van der Waals surface area contributed by atoms with Crippen LogP contribution in [0, 0.1) is 0 Å². The van der Waals surface area contributed by atoms with Gasteiger partial charge in [0.05, 0.1) is 11.8 Å². The molecule has 2 rings (SSSR count). The number of nitrogens with one attached hydrogen (secondary N) is 1. The lowest BCUT2D eigenvalue weighted by atomic mass is 10.1. The summed E-state index contributed by atoms with van der Waals surface area (Å²) in [4.78, 5) is 16.0. The van der Waals surface area contributed by atoms with Crippen molar-refractivity contribution in [3.8, 4) is 0 Å². The highest BCUT2D eigenvalue weighted by Gasteiger charge is 2.17. The van der Waals surface area contributed by atoms with Crippen LogP contribution in [-0.2, 0) is 9.53 Å². The number of hydrogen-bond acceptors (Lipinski definition) is 5. The van der Waals surface area contributed by atoms with E-state index in [-0.39, 0.29) is 18.1 Å². The van der Waals surface area contributed by atoms with E-state index >= 15 is 0 Å². The molecule has 1 saturated heterocycles. The van der Waals surface area contributed by atoms with Gasteiger partial charge in [-0.1, -0.05) is 0 Å². The quantitative estimate of drug-likeness (QED) is 0.857. The van der Waals surface area contributed by atoms with Gasteiger partial charge in [-0.25, -0.2) is 4.98 Å². The van der Waals surface area contributed by atoms with Gasteiger partial charge < -0.3 is 15.8 Å². The van der Waals surface area contributed by atoms with Crippen molar-refractivity contribution in [2.45, 2.75) is 44.8 Å². The minimum absolute atomic E-state index is 0.00363. The molecule has 100 valence electrons. The van der Waals surface area contributed by atoms with Crippen LogP contribution >= 0.6 is 11.3 Å². The largest absolute Gasteiger partial charge is 0.378 e. The first-order valence-corrected chi connectivity index (χ1v) is 7.15. The molecule has 2 unspecified atom stereocenters. The van der Waals surface area contributed by atoms with E-state index in [0.717, 1.165) is 31.6 Å². The second-order valence-corrected chi connectivity index (χ2v) is 5.45. The number of nitrogens with two attached hydrogens (primary N) is 1. The van der Waals surface area contributed by atoms with Crippen molar-refractivity contribution >= 4 is 22.4 Å². The predicted octanol–water partition coefficient (Wildman–Crippen LogP) is 2.06. The van der Waals surface area contributed by atoms with Crippen LogP contribution in [0.1, 0.15) is 44.3 Å². The fraction of sp³-hybridized carbons (Fsp3) is 0.667. The SMILES string of the molecule is CC(N)c1csc(NC(=O)CCC2CCCO2)n1. The summed E-state index contributed by atoms with van der Waals surface area (Å²) in [5.41, 5.74) is 6.53. The summed E-state index contributed by atoms with van der Waals surface area (Å²) < 4.78 is 5.48. The zero-order valence-corrected chi connectivity index (χ0v) is 11.3.